The lowest BCUT2D eigenvalue weighted by Crippen LogP contribution is -2.23. The minimum atomic E-state index is -3.54. The zero-order valence-corrected chi connectivity index (χ0v) is 13.2. The van der Waals surface area contributed by atoms with Crippen molar-refractivity contribution in [1.29, 1.82) is 0 Å². The predicted octanol–water partition coefficient (Wildman–Crippen LogP) is 2.94. The van der Waals surface area contributed by atoms with Gasteiger partial charge >= 0.3 is 0 Å². The smallest absolute Gasteiger partial charge is 0.240 e. The Morgan fingerprint density at radius 2 is 1.90 bits per heavy atom. The fourth-order valence-electron chi connectivity index (χ4n) is 1.74. The van der Waals surface area contributed by atoms with E-state index in [1.165, 1.54) is 0 Å². The molecule has 2 aromatic rings. The van der Waals surface area contributed by atoms with Crippen LogP contribution in [0.15, 0.2) is 57.9 Å². The minimum Gasteiger partial charge on any atom is -0.496 e. The van der Waals surface area contributed by atoms with E-state index < -0.39 is 10.0 Å². The molecular formula is C14H14BrNO3S. The van der Waals surface area contributed by atoms with Crippen LogP contribution in [0.25, 0.3) is 0 Å². The van der Waals surface area contributed by atoms with Gasteiger partial charge in [0.1, 0.15) is 5.75 Å². The maximum Gasteiger partial charge on any atom is 0.240 e. The Hall–Kier alpha value is -1.37. The molecule has 0 atom stereocenters. The molecular weight excluding hydrogens is 342 g/mol. The maximum atomic E-state index is 12.2. The number of nitrogens with one attached hydrogen (secondary N) is 1. The van der Waals surface area contributed by atoms with E-state index in [1.807, 2.05) is 18.2 Å². The van der Waals surface area contributed by atoms with Crippen molar-refractivity contribution in [3.63, 3.8) is 0 Å². The summed E-state index contributed by atoms with van der Waals surface area (Å²) in [5.41, 5.74) is 0.786. The first-order chi connectivity index (χ1) is 9.53. The van der Waals surface area contributed by atoms with Crippen LogP contribution in [0.1, 0.15) is 5.56 Å². The molecule has 20 heavy (non-hydrogen) atoms. The summed E-state index contributed by atoms with van der Waals surface area (Å²) in [6.07, 6.45) is 0. The number of ether oxygens (including phenoxy) is 1. The Kier molecular flexibility index (Phi) is 4.80. The third kappa shape index (κ3) is 3.59. The molecule has 2 rings (SSSR count). The average molecular weight is 356 g/mol. The number of hydrogen-bond donors (Lipinski definition) is 1. The highest BCUT2D eigenvalue weighted by molar-refractivity contribution is 9.10. The zero-order valence-electron chi connectivity index (χ0n) is 10.8. The number of benzene rings is 2. The summed E-state index contributed by atoms with van der Waals surface area (Å²) in [4.78, 5) is 0.224. The molecule has 0 saturated carbocycles. The second kappa shape index (κ2) is 6.39. The van der Waals surface area contributed by atoms with Crippen molar-refractivity contribution < 1.29 is 13.2 Å². The molecule has 106 valence electrons. The van der Waals surface area contributed by atoms with Crippen molar-refractivity contribution in [1.82, 2.24) is 4.72 Å². The molecule has 0 bridgehead atoms. The van der Waals surface area contributed by atoms with Gasteiger partial charge in [0.25, 0.3) is 0 Å². The topological polar surface area (TPSA) is 55.4 Å². The van der Waals surface area contributed by atoms with Gasteiger partial charge in [-0.1, -0.05) is 40.2 Å². The molecule has 0 aliphatic heterocycles. The van der Waals surface area contributed by atoms with Crippen LogP contribution in [-0.4, -0.2) is 15.5 Å². The van der Waals surface area contributed by atoms with Crippen molar-refractivity contribution >= 4 is 26.0 Å². The number of halogens is 1. The summed E-state index contributed by atoms with van der Waals surface area (Å²) in [6, 6.07) is 13.9. The van der Waals surface area contributed by atoms with Crippen molar-refractivity contribution in [2.45, 2.75) is 11.4 Å². The lowest BCUT2D eigenvalue weighted by Gasteiger charge is -2.10. The number of methoxy groups -OCH3 is 1. The minimum absolute atomic E-state index is 0.179. The Balaban J connectivity index is 2.17. The normalized spacial score (nSPS) is 11.3. The Morgan fingerprint density at radius 3 is 2.60 bits per heavy atom. The number of rotatable bonds is 5. The van der Waals surface area contributed by atoms with Gasteiger partial charge in [0, 0.05) is 16.6 Å². The highest BCUT2D eigenvalue weighted by atomic mass is 79.9. The van der Waals surface area contributed by atoms with E-state index in [9.17, 15) is 8.42 Å². The van der Waals surface area contributed by atoms with Gasteiger partial charge in [0.05, 0.1) is 12.0 Å². The molecule has 0 aliphatic carbocycles. The second-order valence-corrected chi connectivity index (χ2v) is 6.78. The van der Waals surface area contributed by atoms with Crippen molar-refractivity contribution in [3.8, 4) is 5.75 Å². The van der Waals surface area contributed by atoms with Crippen LogP contribution in [0.4, 0.5) is 0 Å². The summed E-state index contributed by atoms with van der Waals surface area (Å²) < 4.78 is 32.8. The molecule has 0 heterocycles. The largest absolute Gasteiger partial charge is 0.496 e. The molecule has 0 aromatic heterocycles. The number of hydrogen-bond acceptors (Lipinski definition) is 3. The summed E-state index contributed by atoms with van der Waals surface area (Å²) in [7, 11) is -1.98. The Bertz CT molecular complexity index is 701. The van der Waals surface area contributed by atoms with E-state index in [2.05, 4.69) is 20.7 Å². The summed E-state index contributed by atoms with van der Waals surface area (Å²) >= 11 is 3.26. The summed E-state index contributed by atoms with van der Waals surface area (Å²) in [6.45, 7) is 0.179. The van der Waals surface area contributed by atoms with Crippen molar-refractivity contribution in [3.05, 3.63) is 58.6 Å². The fourth-order valence-corrected chi connectivity index (χ4v) is 3.34. The van der Waals surface area contributed by atoms with E-state index >= 15 is 0 Å². The highest BCUT2D eigenvalue weighted by Crippen LogP contribution is 2.19. The average Bonchev–Trinajstić information content (AvgIpc) is 2.45. The zero-order chi connectivity index (χ0) is 14.6. The van der Waals surface area contributed by atoms with Crippen LogP contribution >= 0.6 is 15.9 Å². The first kappa shape index (κ1) is 15.0. The van der Waals surface area contributed by atoms with Crippen LogP contribution in [0.2, 0.25) is 0 Å². The van der Waals surface area contributed by atoms with Crippen molar-refractivity contribution in [2.24, 2.45) is 0 Å². The van der Waals surface area contributed by atoms with Gasteiger partial charge in [0.2, 0.25) is 10.0 Å². The lowest BCUT2D eigenvalue weighted by molar-refractivity contribution is 0.409. The van der Waals surface area contributed by atoms with Gasteiger partial charge in [-0.25, -0.2) is 13.1 Å². The van der Waals surface area contributed by atoms with Gasteiger partial charge in [-0.05, 0) is 24.3 Å². The molecule has 2 aromatic carbocycles. The fraction of sp³-hybridized carbons (Fsp3) is 0.143. The molecule has 0 aliphatic rings. The monoisotopic (exact) mass is 355 g/mol. The highest BCUT2D eigenvalue weighted by Gasteiger charge is 2.14. The summed E-state index contributed by atoms with van der Waals surface area (Å²) in [5.74, 6) is 0.657. The van der Waals surface area contributed by atoms with Crippen LogP contribution in [-0.2, 0) is 16.6 Å². The van der Waals surface area contributed by atoms with Gasteiger partial charge in [-0.3, -0.25) is 0 Å². The quantitative estimate of drug-likeness (QED) is 0.896. The lowest BCUT2D eigenvalue weighted by atomic mass is 10.2. The first-order valence-electron chi connectivity index (χ1n) is 5.90. The second-order valence-electron chi connectivity index (χ2n) is 4.09. The SMILES string of the molecule is COc1ccccc1CNS(=O)(=O)c1cccc(Br)c1. The molecule has 0 unspecified atom stereocenters. The first-order valence-corrected chi connectivity index (χ1v) is 8.17. The molecule has 0 radical (unpaired) electrons. The molecule has 6 heteroatoms. The summed E-state index contributed by atoms with van der Waals surface area (Å²) in [5, 5.41) is 0. The van der Waals surface area contributed by atoms with E-state index in [1.54, 1.807) is 37.4 Å². The van der Waals surface area contributed by atoms with Gasteiger partial charge in [-0.15, -0.1) is 0 Å². The number of sulfonamides is 1. The Labute approximate surface area is 127 Å². The molecule has 4 nitrogen and oxygen atoms in total. The number of para-hydroxylation sites is 1. The Morgan fingerprint density at radius 1 is 1.15 bits per heavy atom. The standard InChI is InChI=1S/C14H14BrNO3S/c1-19-14-8-3-2-5-11(14)10-16-20(17,18)13-7-4-6-12(15)9-13/h2-9,16H,10H2,1H3. The molecule has 1 N–H and O–H groups in total. The maximum absolute atomic E-state index is 12.2. The van der Waals surface area contributed by atoms with Crippen LogP contribution in [0.3, 0.4) is 0 Å². The third-order valence-electron chi connectivity index (χ3n) is 2.75. The molecule has 0 saturated heterocycles. The van der Waals surface area contributed by atoms with E-state index in [4.69, 9.17) is 4.74 Å². The third-order valence-corrected chi connectivity index (χ3v) is 4.64. The molecule has 0 amide bonds. The van der Waals surface area contributed by atoms with E-state index in [0.29, 0.717) is 5.75 Å². The van der Waals surface area contributed by atoms with Gasteiger partial charge < -0.3 is 4.74 Å². The van der Waals surface area contributed by atoms with Crippen LogP contribution < -0.4 is 9.46 Å². The predicted molar refractivity (Wildman–Crippen MR) is 81.2 cm³/mol. The van der Waals surface area contributed by atoms with Crippen LogP contribution in [0.5, 0.6) is 5.75 Å². The molecule has 0 spiro atoms. The molecule has 0 fully saturated rings. The van der Waals surface area contributed by atoms with E-state index in [-0.39, 0.29) is 11.4 Å². The van der Waals surface area contributed by atoms with E-state index in [0.717, 1.165) is 10.0 Å². The van der Waals surface area contributed by atoms with Gasteiger partial charge in [0.15, 0.2) is 0 Å². The van der Waals surface area contributed by atoms with Crippen molar-refractivity contribution in [2.75, 3.05) is 7.11 Å². The van der Waals surface area contributed by atoms with Crippen LogP contribution in [0, 0.1) is 0 Å². The van der Waals surface area contributed by atoms with Gasteiger partial charge in [-0.2, -0.15) is 0 Å².